The van der Waals surface area contributed by atoms with Gasteiger partial charge in [0, 0.05) is 37.1 Å². The maximum Gasteiger partial charge on any atom is 0.0666 e. The molecule has 1 aromatic rings. The number of aromatic nitrogens is 2. The summed E-state index contributed by atoms with van der Waals surface area (Å²) < 4.78 is 1.92. The SMILES string of the molecule is CCc1nn(C)cc1CNCC1CCCS1. The highest BCUT2D eigenvalue weighted by Gasteiger charge is 2.15. The summed E-state index contributed by atoms with van der Waals surface area (Å²) in [5.41, 5.74) is 2.59. The zero-order valence-corrected chi connectivity index (χ0v) is 11.0. The van der Waals surface area contributed by atoms with Crippen LogP contribution in [0.3, 0.4) is 0 Å². The minimum atomic E-state index is 0.835. The van der Waals surface area contributed by atoms with Gasteiger partial charge in [0.15, 0.2) is 0 Å². The first-order valence-corrected chi connectivity index (χ1v) is 7.18. The van der Waals surface area contributed by atoms with Crippen molar-refractivity contribution in [1.29, 1.82) is 0 Å². The van der Waals surface area contributed by atoms with Gasteiger partial charge in [-0.15, -0.1) is 0 Å². The molecule has 0 bridgehead atoms. The molecule has 4 heteroatoms. The van der Waals surface area contributed by atoms with Gasteiger partial charge in [-0.05, 0) is 25.0 Å². The Hall–Kier alpha value is -0.480. The van der Waals surface area contributed by atoms with Crippen molar-refractivity contribution in [3.05, 3.63) is 17.5 Å². The van der Waals surface area contributed by atoms with Gasteiger partial charge >= 0.3 is 0 Å². The van der Waals surface area contributed by atoms with Gasteiger partial charge in [-0.1, -0.05) is 6.92 Å². The van der Waals surface area contributed by atoms with Crippen molar-refractivity contribution in [2.45, 2.75) is 38.0 Å². The lowest BCUT2D eigenvalue weighted by Crippen LogP contribution is -2.22. The predicted molar refractivity (Wildman–Crippen MR) is 69.8 cm³/mol. The minimum absolute atomic E-state index is 0.835. The maximum absolute atomic E-state index is 4.45. The van der Waals surface area contributed by atoms with Crippen LogP contribution in [0.2, 0.25) is 0 Å². The normalized spacial score (nSPS) is 20.5. The largest absolute Gasteiger partial charge is 0.311 e. The first-order chi connectivity index (χ1) is 7.79. The molecule has 0 aliphatic carbocycles. The van der Waals surface area contributed by atoms with Gasteiger partial charge in [0.2, 0.25) is 0 Å². The van der Waals surface area contributed by atoms with Gasteiger partial charge in [-0.25, -0.2) is 0 Å². The standard InChI is InChI=1S/C12H21N3S/c1-3-12-10(9-15(2)14-12)7-13-8-11-5-4-6-16-11/h9,11,13H,3-8H2,1-2H3. The second-order valence-corrected chi connectivity index (χ2v) is 5.80. The molecule has 3 nitrogen and oxygen atoms in total. The van der Waals surface area contributed by atoms with E-state index in [1.807, 2.05) is 11.7 Å². The highest BCUT2D eigenvalue weighted by Crippen LogP contribution is 2.25. The van der Waals surface area contributed by atoms with Gasteiger partial charge in [-0.3, -0.25) is 4.68 Å². The van der Waals surface area contributed by atoms with E-state index in [9.17, 15) is 0 Å². The Morgan fingerprint density at radius 2 is 2.50 bits per heavy atom. The molecule has 1 N–H and O–H groups in total. The number of nitrogens with one attached hydrogen (secondary N) is 1. The van der Waals surface area contributed by atoms with Crippen LogP contribution in [-0.4, -0.2) is 27.3 Å². The van der Waals surface area contributed by atoms with E-state index in [2.05, 4.69) is 35.3 Å². The van der Waals surface area contributed by atoms with Crippen molar-refractivity contribution < 1.29 is 0 Å². The maximum atomic E-state index is 4.45. The van der Waals surface area contributed by atoms with E-state index < -0.39 is 0 Å². The predicted octanol–water partition coefficient (Wildman–Crippen LogP) is 1.97. The molecule has 0 aromatic carbocycles. The Bertz CT molecular complexity index is 329. The van der Waals surface area contributed by atoms with Gasteiger partial charge in [-0.2, -0.15) is 16.9 Å². The van der Waals surface area contributed by atoms with Crippen LogP contribution in [0.1, 0.15) is 31.0 Å². The smallest absolute Gasteiger partial charge is 0.0666 e. The van der Waals surface area contributed by atoms with E-state index in [1.165, 1.54) is 29.9 Å². The molecule has 0 amide bonds. The zero-order valence-electron chi connectivity index (χ0n) is 10.2. The van der Waals surface area contributed by atoms with Crippen LogP contribution < -0.4 is 5.32 Å². The fourth-order valence-electron chi connectivity index (χ4n) is 2.20. The summed E-state index contributed by atoms with van der Waals surface area (Å²) in [4.78, 5) is 0. The van der Waals surface area contributed by atoms with Crippen molar-refractivity contribution in [2.75, 3.05) is 12.3 Å². The lowest BCUT2D eigenvalue weighted by atomic mass is 10.2. The average molecular weight is 239 g/mol. The monoisotopic (exact) mass is 239 g/mol. The van der Waals surface area contributed by atoms with Crippen LogP contribution >= 0.6 is 11.8 Å². The number of hydrogen-bond donors (Lipinski definition) is 1. The summed E-state index contributed by atoms with van der Waals surface area (Å²) in [5, 5.41) is 8.84. The van der Waals surface area contributed by atoms with E-state index in [0.29, 0.717) is 0 Å². The van der Waals surface area contributed by atoms with Crippen molar-refractivity contribution in [2.24, 2.45) is 7.05 Å². The Morgan fingerprint density at radius 1 is 1.62 bits per heavy atom. The number of aryl methyl sites for hydroxylation is 2. The first kappa shape index (κ1) is 12.0. The van der Waals surface area contributed by atoms with Crippen molar-refractivity contribution in [1.82, 2.24) is 15.1 Å². The second kappa shape index (κ2) is 5.73. The summed E-state index contributed by atoms with van der Waals surface area (Å²) in [6.45, 7) is 4.27. The van der Waals surface area contributed by atoms with Crippen LogP contribution in [0.4, 0.5) is 0 Å². The van der Waals surface area contributed by atoms with Crippen LogP contribution in [0.15, 0.2) is 6.20 Å². The molecule has 1 atom stereocenters. The number of rotatable bonds is 5. The van der Waals surface area contributed by atoms with Crippen molar-refractivity contribution in [3.63, 3.8) is 0 Å². The van der Waals surface area contributed by atoms with Crippen molar-refractivity contribution in [3.8, 4) is 0 Å². The van der Waals surface area contributed by atoms with Gasteiger partial charge in [0.1, 0.15) is 0 Å². The van der Waals surface area contributed by atoms with E-state index in [-0.39, 0.29) is 0 Å². The Kier molecular flexibility index (Phi) is 4.29. The van der Waals surface area contributed by atoms with Crippen molar-refractivity contribution >= 4 is 11.8 Å². The molecule has 2 heterocycles. The minimum Gasteiger partial charge on any atom is -0.311 e. The molecule has 1 saturated heterocycles. The lowest BCUT2D eigenvalue weighted by Gasteiger charge is -2.09. The third-order valence-corrected chi connectivity index (χ3v) is 4.44. The third-order valence-electron chi connectivity index (χ3n) is 3.04. The molecule has 16 heavy (non-hydrogen) atoms. The molecule has 2 rings (SSSR count). The highest BCUT2D eigenvalue weighted by atomic mass is 32.2. The van der Waals surface area contributed by atoms with E-state index in [0.717, 1.165) is 24.8 Å². The average Bonchev–Trinajstić information content (AvgIpc) is 2.88. The third kappa shape index (κ3) is 3.01. The van der Waals surface area contributed by atoms with Gasteiger partial charge in [0.05, 0.1) is 5.69 Å². The summed E-state index contributed by atoms with van der Waals surface area (Å²) >= 11 is 2.11. The number of hydrogen-bond acceptors (Lipinski definition) is 3. The van der Waals surface area contributed by atoms with Crippen LogP contribution in [0.25, 0.3) is 0 Å². The quantitative estimate of drug-likeness (QED) is 0.852. The van der Waals surface area contributed by atoms with Crippen LogP contribution in [0.5, 0.6) is 0 Å². The summed E-state index contributed by atoms with van der Waals surface area (Å²) in [5.74, 6) is 1.35. The second-order valence-electron chi connectivity index (χ2n) is 4.39. The molecule has 1 fully saturated rings. The fraction of sp³-hybridized carbons (Fsp3) is 0.750. The molecule has 0 radical (unpaired) electrons. The molecule has 1 aliphatic heterocycles. The molecule has 1 unspecified atom stereocenters. The summed E-state index contributed by atoms with van der Waals surface area (Å²) in [6, 6.07) is 0. The van der Waals surface area contributed by atoms with Crippen LogP contribution in [-0.2, 0) is 20.0 Å². The summed E-state index contributed by atoms with van der Waals surface area (Å²) in [7, 11) is 2.00. The van der Waals surface area contributed by atoms with Gasteiger partial charge in [0.25, 0.3) is 0 Å². The van der Waals surface area contributed by atoms with Crippen LogP contribution in [0, 0.1) is 0 Å². The molecule has 0 spiro atoms. The number of nitrogens with zero attached hydrogens (tertiary/aromatic N) is 2. The van der Waals surface area contributed by atoms with E-state index in [1.54, 1.807) is 0 Å². The zero-order chi connectivity index (χ0) is 11.4. The Balaban J connectivity index is 1.79. The Morgan fingerprint density at radius 3 is 3.19 bits per heavy atom. The molecular formula is C12H21N3S. The lowest BCUT2D eigenvalue weighted by molar-refractivity contribution is 0.643. The molecule has 0 saturated carbocycles. The highest BCUT2D eigenvalue weighted by molar-refractivity contribution is 8.00. The summed E-state index contributed by atoms with van der Waals surface area (Å²) in [6.07, 6.45) is 5.93. The Labute approximate surface area is 102 Å². The molecule has 1 aromatic heterocycles. The van der Waals surface area contributed by atoms with Gasteiger partial charge < -0.3 is 5.32 Å². The molecular weight excluding hydrogens is 218 g/mol. The topological polar surface area (TPSA) is 29.9 Å². The van der Waals surface area contributed by atoms with E-state index in [4.69, 9.17) is 0 Å². The first-order valence-electron chi connectivity index (χ1n) is 6.13. The molecule has 90 valence electrons. The number of thioether (sulfide) groups is 1. The van der Waals surface area contributed by atoms with E-state index >= 15 is 0 Å². The molecule has 1 aliphatic rings. The fourth-order valence-corrected chi connectivity index (χ4v) is 3.44.